The van der Waals surface area contributed by atoms with E-state index in [1.165, 1.54) is 6.92 Å². The Morgan fingerprint density at radius 1 is 1.54 bits per heavy atom. The van der Waals surface area contributed by atoms with Crippen molar-refractivity contribution in [1.29, 1.82) is 0 Å². The van der Waals surface area contributed by atoms with E-state index in [-0.39, 0.29) is 6.61 Å². The first kappa shape index (κ1) is 12.8. The molecule has 0 saturated carbocycles. The van der Waals surface area contributed by atoms with E-state index in [2.05, 4.69) is 4.74 Å². The summed E-state index contributed by atoms with van der Waals surface area (Å²) in [5.74, 6) is -4.99. The van der Waals surface area contributed by atoms with E-state index in [4.69, 9.17) is 0 Å². The monoisotopic (exact) mass is 304 g/mol. The lowest BCUT2D eigenvalue weighted by Crippen LogP contribution is -2.28. The standard InChI is InChI=1S/C8H11F2IO2/c1-3-6(11)5-8(9,10)7(12)13-4-2/h5H,3-4H2,1-2H3. The third-order valence-electron chi connectivity index (χ3n) is 1.22. The zero-order valence-corrected chi connectivity index (χ0v) is 9.60. The highest BCUT2D eigenvalue weighted by molar-refractivity contribution is 14.1. The van der Waals surface area contributed by atoms with Crippen LogP contribution >= 0.6 is 22.6 Å². The molecule has 0 bridgehead atoms. The molecule has 0 aromatic carbocycles. The van der Waals surface area contributed by atoms with Crippen LogP contribution in [-0.2, 0) is 9.53 Å². The molecule has 0 unspecified atom stereocenters. The number of carbonyl (C=O) groups is 1. The van der Waals surface area contributed by atoms with Crippen molar-refractivity contribution in [3.05, 3.63) is 9.66 Å². The van der Waals surface area contributed by atoms with Gasteiger partial charge in [-0.05, 0) is 39.5 Å². The molecule has 0 N–H and O–H groups in total. The molecule has 0 aliphatic rings. The van der Waals surface area contributed by atoms with E-state index >= 15 is 0 Å². The first-order chi connectivity index (χ1) is 5.94. The van der Waals surface area contributed by atoms with Crippen molar-refractivity contribution in [3.8, 4) is 0 Å². The van der Waals surface area contributed by atoms with Crippen LogP contribution < -0.4 is 0 Å². The molecule has 0 aliphatic heterocycles. The second kappa shape index (κ2) is 5.51. The Bertz CT molecular complexity index is 214. The Morgan fingerprint density at radius 3 is 2.46 bits per heavy atom. The van der Waals surface area contributed by atoms with E-state index in [0.717, 1.165) is 0 Å². The number of halogens is 3. The van der Waals surface area contributed by atoms with Crippen molar-refractivity contribution in [2.45, 2.75) is 26.2 Å². The molecule has 0 spiro atoms. The van der Waals surface area contributed by atoms with Gasteiger partial charge in [-0.1, -0.05) is 6.92 Å². The van der Waals surface area contributed by atoms with Gasteiger partial charge in [0.15, 0.2) is 0 Å². The minimum Gasteiger partial charge on any atom is -0.461 e. The molecule has 0 aromatic heterocycles. The van der Waals surface area contributed by atoms with Gasteiger partial charge in [-0.3, -0.25) is 0 Å². The summed E-state index contributed by atoms with van der Waals surface area (Å²) in [6, 6.07) is 0. The molecular weight excluding hydrogens is 293 g/mol. The number of esters is 1. The summed E-state index contributed by atoms with van der Waals surface area (Å²) in [4.78, 5) is 10.7. The van der Waals surface area contributed by atoms with Crippen LogP contribution in [0.5, 0.6) is 0 Å². The van der Waals surface area contributed by atoms with Crippen molar-refractivity contribution < 1.29 is 18.3 Å². The molecule has 0 rings (SSSR count). The van der Waals surface area contributed by atoms with Crippen LogP contribution in [0.2, 0.25) is 0 Å². The number of alkyl halides is 2. The maximum atomic E-state index is 12.9. The van der Waals surface area contributed by atoms with Gasteiger partial charge in [-0.2, -0.15) is 8.78 Å². The molecule has 76 valence electrons. The number of hydrogen-bond acceptors (Lipinski definition) is 2. The van der Waals surface area contributed by atoms with E-state index in [9.17, 15) is 13.6 Å². The summed E-state index contributed by atoms with van der Waals surface area (Å²) in [6.45, 7) is 3.19. The highest BCUT2D eigenvalue weighted by Gasteiger charge is 2.38. The molecule has 0 amide bonds. The zero-order valence-electron chi connectivity index (χ0n) is 7.44. The van der Waals surface area contributed by atoms with Crippen molar-refractivity contribution in [3.63, 3.8) is 0 Å². The molecule has 0 atom stereocenters. The van der Waals surface area contributed by atoms with Crippen LogP contribution in [0.1, 0.15) is 20.3 Å². The molecule has 0 radical (unpaired) electrons. The summed E-state index contributed by atoms with van der Waals surface area (Å²) in [6.07, 6.45) is 1.11. The van der Waals surface area contributed by atoms with Gasteiger partial charge in [0.05, 0.1) is 6.61 Å². The molecule has 0 aromatic rings. The SMILES string of the molecule is CCOC(=O)C(F)(F)C=C(I)CC. The van der Waals surface area contributed by atoms with Gasteiger partial charge in [0.1, 0.15) is 0 Å². The molecule has 0 aliphatic carbocycles. The van der Waals surface area contributed by atoms with Crippen LogP contribution in [-0.4, -0.2) is 18.5 Å². The Morgan fingerprint density at radius 2 is 2.08 bits per heavy atom. The second-order valence-corrected chi connectivity index (χ2v) is 3.67. The maximum absolute atomic E-state index is 12.9. The predicted octanol–water partition coefficient (Wildman–Crippen LogP) is 2.91. The van der Waals surface area contributed by atoms with E-state index in [1.807, 2.05) is 0 Å². The van der Waals surface area contributed by atoms with Gasteiger partial charge < -0.3 is 4.74 Å². The fourth-order valence-electron chi connectivity index (χ4n) is 0.585. The fraction of sp³-hybridized carbons (Fsp3) is 0.625. The summed E-state index contributed by atoms with van der Waals surface area (Å²) >= 11 is 1.77. The van der Waals surface area contributed by atoms with Crippen molar-refractivity contribution in [1.82, 2.24) is 0 Å². The van der Waals surface area contributed by atoms with Gasteiger partial charge in [-0.25, -0.2) is 4.79 Å². The van der Waals surface area contributed by atoms with Crippen LogP contribution in [0.25, 0.3) is 0 Å². The average molecular weight is 304 g/mol. The smallest absolute Gasteiger partial charge is 0.381 e. The highest BCUT2D eigenvalue weighted by Crippen LogP contribution is 2.23. The van der Waals surface area contributed by atoms with Gasteiger partial charge in [0, 0.05) is 6.08 Å². The lowest BCUT2D eigenvalue weighted by atomic mass is 10.3. The fourth-order valence-corrected chi connectivity index (χ4v) is 0.976. The number of allylic oxidation sites excluding steroid dienone is 1. The second-order valence-electron chi connectivity index (χ2n) is 2.29. The predicted molar refractivity (Wildman–Crippen MR) is 54.0 cm³/mol. The third kappa shape index (κ3) is 4.54. The lowest BCUT2D eigenvalue weighted by Gasteiger charge is -2.10. The van der Waals surface area contributed by atoms with Crippen LogP contribution in [0.15, 0.2) is 9.66 Å². The minimum absolute atomic E-state index is 0.0367. The van der Waals surface area contributed by atoms with Gasteiger partial charge >= 0.3 is 11.9 Å². The zero-order chi connectivity index (χ0) is 10.5. The van der Waals surface area contributed by atoms with Crippen molar-refractivity contribution in [2.75, 3.05) is 6.61 Å². The average Bonchev–Trinajstić information content (AvgIpc) is 2.04. The Hall–Kier alpha value is -0.200. The summed E-state index contributed by atoms with van der Waals surface area (Å²) in [5.41, 5.74) is 0. The molecular formula is C8H11F2IO2. The van der Waals surface area contributed by atoms with Gasteiger partial charge in [0.2, 0.25) is 0 Å². The minimum atomic E-state index is -3.50. The number of carbonyl (C=O) groups excluding carboxylic acids is 1. The first-order valence-corrected chi connectivity index (χ1v) is 4.94. The largest absolute Gasteiger partial charge is 0.461 e. The van der Waals surface area contributed by atoms with Crippen LogP contribution in [0, 0.1) is 0 Å². The van der Waals surface area contributed by atoms with Gasteiger partial charge in [-0.15, -0.1) is 0 Å². The van der Waals surface area contributed by atoms with E-state index in [1.54, 1.807) is 29.5 Å². The normalized spacial score (nSPS) is 12.8. The number of hydrogen-bond donors (Lipinski definition) is 0. The molecule has 0 saturated heterocycles. The Labute approximate surface area is 89.5 Å². The summed E-state index contributed by atoms with van der Waals surface area (Å²) in [5, 5.41) is 0. The summed E-state index contributed by atoms with van der Waals surface area (Å²) in [7, 11) is 0. The highest BCUT2D eigenvalue weighted by atomic mass is 127. The Kier molecular flexibility index (Phi) is 5.43. The van der Waals surface area contributed by atoms with Crippen LogP contribution in [0.3, 0.4) is 0 Å². The summed E-state index contributed by atoms with van der Waals surface area (Å²) < 4.78 is 30.4. The quantitative estimate of drug-likeness (QED) is 0.590. The van der Waals surface area contributed by atoms with Crippen LogP contribution in [0.4, 0.5) is 8.78 Å². The molecule has 13 heavy (non-hydrogen) atoms. The molecule has 0 heterocycles. The topological polar surface area (TPSA) is 26.3 Å². The first-order valence-electron chi connectivity index (χ1n) is 3.86. The maximum Gasteiger partial charge on any atom is 0.381 e. The molecule has 2 nitrogen and oxygen atoms in total. The van der Waals surface area contributed by atoms with Crippen molar-refractivity contribution >= 4 is 28.6 Å². The number of ether oxygens (including phenoxy) is 1. The van der Waals surface area contributed by atoms with E-state index in [0.29, 0.717) is 16.1 Å². The molecule has 5 heteroatoms. The van der Waals surface area contributed by atoms with E-state index < -0.39 is 11.9 Å². The van der Waals surface area contributed by atoms with Gasteiger partial charge in [0.25, 0.3) is 0 Å². The van der Waals surface area contributed by atoms with Crippen molar-refractivity contribution in [2.24, 2.45) is 0 Å². The molecule has 0 fully saturated rings. The Balaban J connectivity index is 4.47. The third-order valence-corrected chi connectivity index (χ3v) is 2.30. The lowest BCUT2D eigenvalue weighted by molar-refractivity contribution is -0.164. The number of rotatable bonds is 4.